The molecule has 1 amide bonds. The minimum atomic E-state index is -0.268. The van der Waals surface area contributed by atoms with Crippen LogP contribution in [0, 0.1) is 5.92 Å². The summed E-state index contributed by atoms with van der Waals surface area (Å²) in [6, 6.07) is 11.2. The first-order valence-corrected chi connectivity index (χ1v) is 13.1. The van der Waals surface area contributed by atoms with Gasteiger partial charge in [-0.1, -0.05) is 54.7 Å². The number of halogens is 3. The van der Waals surface area contributed by atoms with E-state index < -0.39 is 0 Å². The molecule has 2 aromatic rings. The monoisotopic (exact) mass is 522 g/mol. The lowest BCUT2D eigenvalue weighted by atomic mass is 9.91. The van der Waals surface area contributed by atoms with Crippen LogP contribution in [0.5, 0.6) is 0 Å². The van der Waals surface area contributed by atoms with Crippen molar-refractivity contribution in [2.75, 3.05) is 37.6 Å². The van der Waals surface area contributed by atoms with E-state index in [2.05, 4.69) is 30.1 Å². The number of piperazine rings is 1. The van der Waals surface area contributed by atoms with E-state index in [9.17, 15) is 4.79 Å². The molecule has 3 N–H and O–H groups in total. The highest BCUT2D eigenvalue weighted by Crippen LogP contribution is 2.36. The lowest BCUT2D eigenvalue weighted by molar-refractivity contribution is -0.133. The Morgan fingerprint density at radius 3 is 2.41 bits per heavy atom. The Morgan fingerprint density at radius 2 is 1.74 bits per heavy atom. The molecule has 0 unspecified atom stereocenters. The van der Waals surface area contributed by atoms with Crippen molar-refractivity contribution in [3.63, 3.8) is 0 Å². The molecule has 0 saturated carbocycles. The number of nitrogens with one attached hydrogen (secondary N) is 1. The Labute approximate surface area is 217 Å². The summed E-state index contributed by atoms with van der Waals surface area (Å²) in [5.74, 6) is 0.686. The first-order valence-electron chi connectivity index (χ1n) is 12.0. The molecule has 2 fully saturated rings. The molecule has 2 saturated heterocycles. The largest absolute Gasteiger partial charge is 0.368 e. The van der Waals surface area contributed by atoms with Crippen LogP contribution in [-0.2, 0) is 4.79 Å². The number of hydrogen-bond acceptors (Lipinski definition) is 4. The van der Waals surface area contributed by atoms with Gasteiger partial charge in [-0.3, -0.25) is 4.79 Å². The Balaban J connectivity index is 1.44. The normalized spacial score (nSPS) is 21.9. The maximum Gasteiger partial charge on any atom is 0.240 e. The summed E-state index contributed by atoms with van der Waals surface area (Å²) in [5.41, 5.74) is 9.73. The molecule has 0 bridgehead atoms. The summed E-state index contributed by atoms with van der Waals surface area (Å²) in [7, 11) is 0. The van der Waals surface area contributed by atoms with Crippen LogP contribution in [0.2, 0.25) is 15.1 Å². The highest BCUT2D eigenvalue weighted by molar-refractivity contribution is 6.35. The van der Waals surface area contributed by atoms with E-state index in [0.29, 0.717) is 34.1 Å². The van der Waals surface area contributed by atoms with Crippen LogP contribution in [-0.4, -0.2) is 49.6 Å². The molecule has 2 aliphatic rings. The van der Waals surface area contributed by atoms with E-state index in [1.54, 1.807) is 6.07 Å². The third-order valence-electron chi connectivity index (χ3n) is 6.90. The maximum atomic E-state index is 13.5. The van der Waals surface area contributed by atoms with Crippen molar-refractivity contribution in [3.8, 4) is 0 Å². The zero-order chi connectivity index (χ0) is 24.4. The summed E-state index contributed by atoms with van der Waals surface area (Å²) in [5, 5.41) is 5.33. The van der Waals surface area contributed by atoms with Crippen LogP contribution >= 0.6 is 34.8 Å². The fraction of sp³-hybridized carbons (Fsp3) is 0.500. The number of nitrogens with two attached hydrogens (primary N) is 1. The van der Waals surface area contributed by atoms with Crippen LogP contribution in [0.4, 0.5) is 5.69 Å². The van der Waals surface area contributed by atoms with Gasteiger partial charge in [0, 0.05) is 58.9 Å². The smallest absolute Gasteiger partial charge is 0.240 e. The molecule has 0 radical (unpaired) electrons. The van der Waals surface area contributed by atoms with E-state index in [0.717, 1.165) is 49.3 Å². The van der Waals surface area contributed by atoms with E-state index in [-0.39, 0.29) is 23.9 Å². The molecule has 0 spiro atoms. The third-order valence-corrected chi connectivity index (χ3v) is 7.69. The molecule has 2 heterocycles. The van der Waals surface area contributed by atoms with Crippen molar-refractivity contribution in [3.05, 3.63) is 62.6 Å². The number of amides is 1. The van der Waals surface area contributed by atoms with Gasteiger partial charge in [0.05, 0.1) is 6.04 Å². The minimum Gasteiger partial charge on any atom is -0.368 e. The van der Waals surface area contributed by atoms with Crippen molar-refractivity contribution < 1.29 is 4.79 Å². The van der Waals surface area contributed by atoms with Crippen LogP contribution < -0.4 is 16.0 Å². The third kappa shape index (κ3) is 5.66. The summed E-state index contributed by atoms with van der Waals surface area (Å²) in [6.45, 7) is 7.99. The number of carbonyl (C=O) groups excluding carboxylic acids is 1. The van der Waals surface area contributed by atoms with E-state index in [1.165, 1.54) is 0 Å². The second kappa shape index (κ2) is 11.0. The molecule has 2 aromatic carbocycles. The molecular weight excluding hydrogens is 491 g/mol. The van der Waals surface area contributed by atoms with Gasteiger partial charge in [-0.25, -0.2) is 0 Å². The SMILES string of the molecule is CC(C)C[C@H](N)c1cc(Cl)ccc1N1CCN(C(=O)[C@@H]2NCC[C@@H]2c2ccc(Cl)cc2Cl)CC1. The number of anilines is 1. The standard InChI is InChI=1S/C26H33Cl3N4O/c1-16(2)13-23(30)21-14-17(27)4-6-24(21)32-9-11-33(12-10-32)26(34)25-20(7-8-31-25)19-5-3-18(28)15-22(19)29/h3-6,14-16,20,23,25,31H,7-13,30H2,1-2H3/t20-,23+,25-/m1/s1. The van der Waals surface area contributed by atoms with Gasteiger partial charge >= 0.3 is 0 Å². The number of benzene rings is 2. The summed E-state index contributed by atoms with van der Waals surface area (Å²) in [6.07, 6.45) is 1.77. The Morgan fingerprint density at radius 1 is 1.06 bits per heavy atom. The van der Waals surface area contributed by atoms with Crippen molar-refractivity contribution >= 4 is 46.4 Å². The average molecular weight is 524 g/mol. The highest BCUT2D eigenvalue weighted by Gasteiger charge is 2.38. The fourth-order valence-corrected chi connectivity index (χ4v) is 5.94. The lowest BCUT2D eigenvalue weighted by Gasteiger charge is -2.39. The van der Waals surface area contributed by atoms with Gasteiger partial charge in [0.25, 0.3) is 0 Å². The molecule has 2 aliphatic heterocycles. The molecule has 4 rings (SSSR count). The average Bonchev–Trinajstić information content (AvgIpc) is 3.28. The first-order chi connectivity index (χ1) is 16.2. The Hall–Kier alpha value is -1.50. The van der Waals surface area contributed by atoms with Gasteiger partial charge in [-0.2, -0.15) is 0 Å². The van der Waals surface area contributed by atoms with Crippen molar-refractivity contribution in [2.45, 2.75) is 44.7 Å². The molecule has 0 aromatic heterocycles. The highest BCUT2D eigenvalue weighted by atomic mass is 35.5. The second-order valence-electron chi connectivity index (χ2n) is 9.74. The Bertz CT molecular complexity index is 1020. The molecule has 34 heavy (non-hydrogen) atoms. The minimum absolute atomic E-state index is 0.0483. The number of carbonyl (C=O) groups is 1. The topological polar surface area (TPSA) is 61.6 Å². The molecule has 8 heteroatoms. The van der Waals surface area contributed by atoms with Gasteiger partial charge < -0.3 is 20.9 Å². The maximum absolute atomic E-state index is 13.5. The van der Waals surface area contributed by atoms with Crippen LogP contribution in [0.25, 0.3) is 0 Å². The number of hydrogen-bond donors (Lipinski definition) is 2. The van der Waals surface area contributed by atoms with Gasteiger partial charge in [0.2, 0.25) is 5.91 Å². The lowest BCUT2D eigenvalue weighted by Crippen LogP contribution is -2.54. The fourth-order valence-electron chi connectivity index (χ4n) is 5.21. The van der Waals surface area contributed by atoms with Gasteiger partial charge in [0.15, 0.2) is 0 Å². The van der Waals surface area contributed by atoms with Gasteiger partial charge in [-0.15, -0.1) is 0 Å². The van der Waals surface area contributed by atoms with Crippen LogP contribution in [0.3, 0.4) is 0 Å². The zero-order valence-corrected chi connectivity index (χ0v) is 22.0. The second-order valence-corrected chi connectivity index (χ2v) is 11.0. The number of rotatable bonds is 6. The van der Waals surface area contributed by atoms with Gasteiger partial charge in [-0.05, 0) is 66.8 Å². The number of nitrogens with zero attached hydrogens (tertiary/aromatic N) is 2. The van der Waals surface area contributed by atoms with Gasteiger partial charge in [0.1, 0.15) is 0 Å². The quantitative estimate of drug-likeness (QED) is 0.526. The molecule has 3 atom stereocenters. The Kier molecular flexibility index (Phi) is 8.32. The zero-order valence-electron chi connectivity index (χ0n) is 19.7. The first kappa shape index (κ1) is 25.6. The van der Waals surface area contributed by atoms with E-state index in [4.69, 9.17) is 40.5 Å². The van der Waals surface area contributed by atoms with E-state index >= 15 is 0 Å². The van der Waals surface area contributed by atoms with Crippen molar-refractivity contribution in [1.29, 1.82) is 0 Å². The summed E-state index contributed by atoms with van der Waals surface area (Å²) in [4.78, 5) is 17.8. The predicted molar refractivity (Wildman–Crippen MR) is 142 cm³/mol. The summed E-state index contributed by atoms with van der Waals surface area (Å²) < 4.78 is 0. The summed E-state index contributed by atoms with van der Waals surface area (Å²) >= 11 is 18.9. The predicted octanol–water partition coefficient (Wildman–Crippen LogP) is 5.49. The van der Waals surface area contributed by atoms with Crippen LogP contribution in [0.15, 0.2) is 36.4 Å². The molecule has 184 valence electrons. The van der Waals surface area contributed by atoms with Crippen LogP contribution in [0.1, 0.15) is 49.8 Å². The molecule has 0 aliphatic carbocycles. The van der Waals surface area contributed by atoms with Crippen molar-refractivity contribution in [1.82, 2.24) is 10.2 Å². The van der Waals surface area contributed by atoms with E-state index in [1.807, 2.05) is 29.2 Å². The van der Waals surface area contributed by atoms with Crippen molar-refractivity contribution in [2.24, 2.45) is 11.7 Å². The molecular formula is C26H33Cl3N4O. The molecule has 5 nitrogen and oxygen atoms in total.